The van der Waals surface area contributed by atoms with Crippen LogP contribution in [0, 0.1) is 5.82 Å². The first kappa shape index (κ1) is 14.2. The molecule has 0 aliphatic carbocycles. The van der Waals surface area contributed by atoms with Gasteiger partial charge in [0.2, 0.25) is 5.91 Å². The smallest absolute Gasteiger partial charge is 0.228 e. The van der Waals surface area contributed by atoms with E-state index in [1.54, 1.807) is 12.1 Å². The first-order chi connectivity index (χ1) is 10.6. The molecule has 1 aliphatic heterocycles. The number of amides is 1. The first-order valence-electron chi connectivity index (χ1n) is 6.85. The summed E-state index contributed by atoms with van der Waals surface area (Å²) in [5.74, 6) is 0.594. The van der Waals surface area contributed by atoms with Crippen LogP contribution in [0.25, 0.3) is 0 Å². The van der Waals surface area contributed by atoms with Crippen molar-refractivity contribution in [2.75, 3.05) is 24.3 Å². The number of nitrogens with one attached hydrogen (secondary N) is 1. The Balaban J connectivity index is 1.67. The molecule has 1 amide bonds. The molecule has 0 radical (unpaired) electrons. The monoisotopic (exact) mass is 302 g/mol. The third-order valence-corrected chi connectivity index (χ3v) is 3.25. The predicted octanol–water partition coefficient (Wildman–Crippen LogP) is 2.36. The maximum Gasteiger partial charge on any atom is 0.228 e. The van der Waals surface area contributed by atoms with Crippen molar-refractivity contribution in [3.05, 3.63) is 47.8 Å². The summed E-state index contributed by atoms with van der Waals surface area (Å²) < 4.78 is 24.0. The van der Waals surface area contributed by atoms with Crippen LogP contribution < -0.4 is 20.5 Å². The predicted molar refractivity (Wildman–Crippen MR) is 80.6 cm³/mol. The number of benzene rings is 2. The summed E-state index contributed by atoms with van der Waals surface area (Å²) in [4.78, 5) is 12.0. The van der Waals surface area contributed by atoms with Gasteiger partial charge in [-0.3, -0.25) is 4.79 Å². The van der Waals surface area contributed by atoms with E-state index in [0.29, 0.717) is 30.4 Å². The Bertz CT molecular complexity index is 719. The number of ether oxygens (including phenoxy) is 2. The van der Waals surface area contributed by atoms with E-state index in [0.717, 1.165) is 5.56 Å². The van der Waals surface area contributed by atoms with Gasteiger partial charge in [0.1, 0.15) is 19.0 Å². The van der Waals surface area contributed by atoms with Crippen molar-refractivity contribution >= 4 is 17.3 Å². The minimum atomic E-state index is -0.509. The Morgan fingerprint density at radius 1 is 1.14 bits per heavy atom. The van der Waals surface area contributed by atoms with Crippen LogP contribution in [0.3, 0.4) is 0 Å². The molecule has 6 heteroatoms. The van der Waals surface area contributed by atoms with Gasteiger partial charge in [-0.15, -0.1) is 0 Å². The van der Waals surface area contributed by atoms with Gasteiger partial charge in [0.25, 0.3) is 0 Å². The van der Waals surface area contributed by atoms with Gasteiger partial charge >= 0.3 is 0 Å². The molecule has 5 nitrogen and oxygen atoms in total. The zero-order valence-electron chi connectivity index (χ0n) is 11.8. The number of nitrogens with two attached hydrogens (primary N) is 1. The van der Waals surface area contributed by atoms with E-state index in [2.05, 4.69) is 5.32 Å². The molecule has 0 fully saturated rings. The zero-order chi connectivity index (χ0) is 15.5. The van der Waals surface area contributed by atoms with Crippen LogP contribution in [0.4, 0.5) is 15.8 Å². The number of fused-ring (bicyclic) bond motifs is 1. The van der Waals surface area contributed by atoms with Gasteiger partial charge in [-0.05, 0) is 35.9 Å². The van der Waals surface area contributed by atoms with Crippen molar-refractivity contribution in [2.24, 2.45) is 0 Å². The Morgan fingerprint density at radius 2 is 1.91 bits per heavy atom. The van der Waals surface area contributed by atoms with E-state index in [1.807, 2.05) is 6.07 Å². The minimum absolute atomic E-state index is 0.00266. The molecule has 0 unspecified atom stereocenters. The molecule has 3 rings (SSSR count). The lowest BCUT2D eigenvalue weighted by molar-refractivity contribution is -0.115. The molecule has 0 spiro atoms. The van der Waals surface area contributed by atoms with Crippen LogP contribution in [0.2, 0.25) is 0 Å². The number of anilines is 2. The second-order valence-electron chi connectivity index (χ2n) is 4.94. The molecule has 1 aliphatic rings. The minimum Gasteiger partial charge on any atom is -0.486 e. The fourth-order valence-corrected chi connectivity index (χ4v) is 2.21. The van der Waals surface area contributed by atoms with Gasteiger partial charge < -0.3 is 20.5 Å². The summed E-state index contributed by atoms with van der Waals surface area (Å²) >= 11 is 0. The lowest BCUT2D eigenvalue weighted by Crippen LogP contribution is -2.17. The molecule has 2 aromatic rings. The van der Waals surface area contributed by atoms with E-state index in [4.69, 9.17) is 15.2 Å². The summed E-state index contributed by atoms with van der Waals surface area (Å²) in [6, 6.07) is 9.45. The topological polar surface area (TPSA) is 73.6 Å². The molecule has 3 N–H and O–H groups in total. The quantitative estimate of drug-likeness (QED) is 0.854. The molecule has 0 saturated heterocycles. The number of hydrogen-bond donors (Lipinski definition) is 2. The SMILES string of the molecule is Nc1cc(NC(=O)Cc2ccc3c(c2)OCCO3)ccc1F. The highest BCUT2D eigenvalue weighted by Crippen LogP contribution is 2.30. The van der Waals surface area contributed by atoms with E-state index in [1.165, 1.54) is 18.2 Å². The molecule has 0 aromatic heterocycles. The summed E-state index contributed by atoms with van der Waals surface area (Å²) in [6.07, 6.45) is 0.175. The second-order valence-corrected chi connectivity index (χ2v) is 4.94. The van der Waals surface area contributed by atoms with E-state index >= 15 is 0 Å². The Labute approximate surface area is 126 Å². The fourth-order valence-electron chi connectivity index (χ4n) is 2.21. The lowest BCUT2D eigenvalue weighted by Gasteiger charge is -2.18. The number of carbonyl (C=O) groups is 1. The van der Waals surface area contributed by atoms with Crippen molar-refractivity contribution in [3.8, 4) is 11.5 Å². The molecule has 0 bridgehead atoms. The summed E-state index contributed by atoms with van der Waals surface area (Å²) in [7, 11) is 0. The first-order valence-corrected chi connectivity index (χ1v) is 6.85. The number of halogens is 1. The van der Waals surface area contributed by atoms with Gasteiger partial charge in [0.05, 0.1) is 12.1 Å². The average Bonchev–Trinajstić information content (AvgIpc) is 2.51. The van der Waals surface area contributed by atoms with Gasteiger partial charge in [-0.25, -0.2) is 4.39 Å². The van der Waals surface area contributed by atoms with Crippen LogP contribution in [0.1, 0.15) is 5.56 Å². The Morgan fingerprint density at radius 3 is 2.68 bits per heavy atom. The molecule has 0 atom stereocenters. The number of hydrogen-bond acceptors (Lipinski definition) is 4. The van der Waals surface area contributed by atoms with E-state index in [9.17, 15) is 9.18 Å². The van der Waals surface area contributed by atoms with Crippen LogP contribution in [-0.2, 0) is 11.2 Å². The zero-order valence-corrected chi connectivity index (χ0v) is 11.8. The third kappa shape index (κ3) is 3.11. The summed E-state index contributed by atoms with van der Waals surface area (Å²) in [5, 5.41) is 2.68. The van der Waals surface area contributed by atoms with E-state index < -0.39 is 5.82 Å². The third-order valence-electron chi connectivity index (χ3n) is 3.25. The molecule has 114 valence electrons. The van der Waals surface area contributed by atoms with Crippen molar-refractivity contribution in [3.63, 3.8) is 0 Å². The van der Waals surface area contributed by atoms with Crippen molar-refractivity contribution in [1.82, 2.24) is 0 Å². The highest BCUT2D eigenvalue weighted by molar-refractivity contribution is 5.92. The van der Waals surface area contributed by atoms with Gasteiger partial charge in [0, 0.05) is 5.69 Å². The Hall–Kier alpha value is -2.76. The summed E-state index contributed by atoms with van der Waals surface area (Å²) in [6.45, 7) is 1.02. The molecular weight excluding hydrogens is 287 g/mol. The van der Waals surface area contributed by atoms with Gasteiger partial charge in [0.15, 0.2) is 11.5 Å². The number of carbonyl (C=O) groups excluding carboxylic acids is 1. The van der Waals surface area contributed by atoms with Crippen molar-refractivity contribution in [1.29, 1.82) is 0 Å². The highest BCUT2D eigenvalue weighted by atomic mass is 19.1. The maximum absolute atomic E-state index is 13.1. The van der Waals surface area contributed by atoms with Crippen LogP contribution in [-0.4, -0.2) is 19.1 Å². The summed E-state index contributed by atoms with van der Waals surface area (Å²) in [5.41, 5.74) is 6.73. The molecule has 22 heavy (non-hydrogen) atoms. The molecule has 1 heterocycles. The fraction of sp³-hybridized carbons (Fsp3) is 0.188. The Kier molecular flexibility index (Phi) is 3.82. The highest BCUT2D eigenvalue weighted by Gasteiger charge is 2.13. The van der Waals surface area contributed by atoms with Crippen LogP contribution >= 0.6 is 0 Å². The normalized spacial score (nSPS) is 12.8. The largest absolute Gasteiger partial charge is 0.486 e. The molecular formula is C16H15FN2O3. The number of nitrogen functional groups attached to an aromatic ring is 1. The molecule has 2 aromatic carbocycles. The molecule has 0 saturated carbocycles. The standard InChI is InChI=1S/C16H15FN2O3/c17-12-3-2-11(9-13(12)18)19-16(20)8-10-1-4-14-15(7-10)22-6-5-21-14/h1-4,7,9H,5-6,8,18H2,(H,19,20). The lowest BCUT2D eigenvalue weighted by atomic mass is 10.1. The average molecular weight is 302 g/mol. The number of rotatable bonds is 3. The van der Waals surface area contributed by atoms with Gasteiger partial charge in [-0.2, -0.15) is 0 Å². The van der Waals surface area contributed by atoms with Crippen molar-refractivity contribution in [2.45, 2.75) is 6.42 Å². The second kappa shape index (κ2) is 5.93. The maximum atomic E-state index is 13.1. The van der Waals surface area contributed by atoms with Crippen LogP contribution in [0.15, 0.2) is 36.4 Å². The van der Waals surface area contributed by atoms with Crippen molar-refractivity contribution < 1.29 is 18.7 Å². The van der Waals surface area contributed by atoms with Gasteiger partial charge in [-0.1, -0.05) is 6.07 Å². The van der Waals surface area contributed by atoms with E-state index in [-0.39, 0.29) is 18.0 Å². The van der Waals surface area contributed by atoms with Crippen LogP contribution in [0.5, 0.6) is 11.5 Å².